The molecule has 0 saturated heterocycles. The standard InChI is InChI=1S/C2Cl3F3.C2H6/c3-1(4,5)2(6,7)8;1-2/h;1-2H3. The highest BCUT2D eigenvalue weighted by Crippen LogP contribution is 2.42. The Morgan fingerprint density at radius 2 is 1.00 bits per heavy atom. The molecule has 0 amide bonds. The highest BCUT2D eigenvalue weighted by atomic mass is 35.6. The van der Waals surface area contributed by atoms with Crippen LogP contribution in [0.25, 0.3) is 0 Å². The molecule has 64 valence electrons. The van der Waals surface area contributed by atoms with Crippen molar-refractivity contribution in [3.8, 4) is 0 Å². The number of rotatable bonds is 0. The molecule has 0 N–H and O–H groups in total. The summed E-state index contributed by atoms with van der Waals surface area (Å²) in [5, 5.41) is 0. The molecule has 0 aromatic rings. The Morgan fingerprint density at radius 1 is 0.900 bits per heavy atom. The molecule has 0 heterocycles. The van der Waals surface area contributed by atoms with Gasteiger partial charge in [-0.1, -0.05) is 48.7 Å². The first-order valence-electron chi connectivity index (χ1n) is 2.38. The van der Waals surface area contributed by atoms with Gasteiger partial charge >= 0.3 is 6.18 Å². The average molecular weight is 217 g/mol. The van der Waals surface area contributed by atoms with Crippen molar-refractivity contribution in [2.75, 3.05) is 0 Å². The van der Waals surface area contributed by atoms with Gasteiger partial charge < -0.3 is 0 Å². The predicted octanol–water partition coefficient (Wildman–Crippen LogP) is 3.95. The fourth-order valence-corrected chi connectivity index (χ4v) is 0. The molecule has 6 heteroatoms. The third kappa shape index (κ3) is 5.45. The summed E-state index contributed by atoms with van der Waals surface area (Å²) < 4.78 is 30.4. The molecular formula is C4H6Cl3F3. The molecule has 0 bridgehead atoms. The summed E-state index contributed by atoms with van der Waals surface area (Å²) in [6, 6.07) is 0. The molecule has 0 nitrogen and oxygen atoms in total. The number of hydrogen-bond donors (Lipinski definition) is 0. The van der Waals surface area contributed by atoms with E-state index in [1.165, 1.54) is 0 Å². The summed E-state index contributed by atoms with van der Waals surface area (Å²) in [7, 11) is 0. The van der Waals surface area contributed by atoms with Gasteiger partial charge in [0.05, 0.1) is 0 Å². The Morgan fingerprint density at radius 3 is 1.00 bits per heavy atom. The molecule has 10 heavy (non-hydrogen) atoms. The molecule has 0 aromatic heterocycles. The number of halogens is 6. The smallest absolute Gasteiger partial charge is 0.166 e. The van der Waals surface area contributed by atoms with Crippen molar-refractivity contribution >= 4 is 34.8 Å². The monoisotopic (exact) mass is 216 g/mol. The minimum absolute atomic E-state index is 2.00. The average Bonchev–Trinajstić information content (AvgIpc) is 1.66. The second-order valence-corrected chi connectivity index (χ2v) is 3.28. The van der Waals surface area contributed by atoms with Crippen LogP contribution in [0.15, 0.2) is 0 Å². The van der Waals surface area contributed by atoms with Crippen LogP contribution in [0.3, 0.4) is 0 Å². The van der Waals surface area contributed by atoms with Crippen LogP contribution in [-0.4, -0.2) is 9.97 Å². The van der Waals surface area contributed by atoms with Crippen LogP contribution in [0.5, 0.6) is 0 Å². The van der Waals surface area contributed by atoms with E-state index in [2.05, 4.69) is 34.8 Å². The lowest BCUT2D eigenvalue weighted by molar-refractivity contribution is -0.124. The molecule has 0 aliphatic carbocycles. The summed E-state index contributed by atoms with van der Waals surface area (Å²) >= 11 is 13.2. The zero-order valence-electron chi connectivity index (χ0n) is 5.27. The molecule has 0 radical (unpaired) electrons. The van der Waals surface area contributed by atoms with Gasteiger partial charge in [-0.3, -0.25) is 0 Å². The summed E-state index contributed by atoms with van der Waals surface area (Å²) in [5.41, 5.74) is 0. The van der Waals surface area contributed by atoms with E-state index in [0.29, 0.717) is 0 Å². The fourth-order valence-electron chi connectivity index (χ4n) is 0. The maximum Gasteiger partial charge on any atom is 0.435 e. The van der Waals surface area contributed by atoms with Crippen LogP contribution in [0.1, 0.15) is 13.8 Å². The van der Waals surface area contributed by atoms with Crippen molar-refractivity contribution in [1.29, 1.82) is 0 Å². The Balaban J connectivity index is 0. The van der Waals surface area contributed by atoms with Crippen molar-refractivity contribution in [3.05, 3.63) is 0 Å². The SMILES string of the molecule is CC.FC(F)(F)C(Cl)(Cl)Cl. The van der Waals surface area contributed by atoms with Crippen molar-refractivity contribution in [3.63, 3.8) is 0 Å². The van der Waals surface area contributed by atoms with Crippen molar-refractivity contribution in [2.45, 2.75) is 23.8 Å². The summed E-state index contributed by atoms with van der Waals surface area (Å²) in [6.45, 7) is 4.00. The Kier molecular flexibility index (Phi) is 6.00. The Labute approximate surface area is 72.2 Å². The van der Waals surface area contributed by atoms with Gasteiger partial charge in [0, 0.05) is 0 Å². The second-order valence-electron chi connectivity index (χ2n) is 0.996. The normalized spacial score (nSPS) is 12.0. The third-order valence-corrected chi connectivity index (χ3v) is 0.964. The number of hydrogen-bond acceptors (Lipinski definition) is 0. The first-order valence-corrected chi connectivity index (χ1v) is 3.52. The molecule has 0 spiro atoms. The summed E-state index contributed by atoms with van der Waals surface area (Å²) in [6.07, 6.45) is -4.77. The lowest BCUT2D eigenvalue weighted by Crippen LogP contribution is -2.27. The topological polar surface area (TPSA) is 0 Å². The van der Waals surface area contributed by atoms with E-state index in [1.54, 1.807) is 0 Å². The highest BCUT2D eigenvalue weighted by Gasteiger charge is 2.51. The third-order valence-electron chi connectivity index (χ3n) is 0.321. The molecule has 0 rings (SSSR count). The van der Waals surface area contributed by atoms with Crippen LogP contribution in [0, 0.1) is 0 Å². The van der Waals surface area contributed by atoms with Crippen LogP contribution < -0.4 is 0 Å². The first kappa shape index (κ1) is 13.3. The number of alkyl halides is 6. The van der Waals surface area contributed by atoms with Crippen molar-refractivity contribution in [1.82, 2.24) is 0 Å². The Hall–Kier alpha value is 0.660. The van der Waals surface area contributed by atoms with Crippen molar-refractivity contribution in [2.24, 2.45) is 0 Å². The summed E-state index contributed by atoms with van der Waals surface area (Å²) in [4.78, 5) is 0. The van der Waals surface area contributed by atoms with Gasteiger partial charge in [0.1, 0.15) is 0 Å². The molecular weight excluding hydrogens is 211 g/mol. The van der Waals surface area contributed by atoms with E-state index >= 15 is 0 Å². The molecule has 0 aliphatic heterocycles. The van der Waals surface area contributed by atoms with E-state index in [-0.39, 0.29) is 0 Å². The quantitative estimate of drug-likeness (QED) is 0.539. The van der Waals surface area contributed by atoms with Crippen LogP contribution in [0.4, 0.5) is 13.2 Å². The van der Waals surface area contributed by atoms with Crippen molar-refractivity contribution < 1.29 is 13.2 Å². The summed E-state index contributed by atoms with van der Waals surface area (Å²) in [5.74, 6) is 0. The van der Waals surface area contributed by atoms with Gasteiger partial charge in [-0.25, -0.2) is 0 Å². The fraction of sp³-hybridized carbons (Fsp3) is 1.00. The maximum atomic E-state index is 11.2. The first-order chi connectivity index (χ1) is 4.25. The van der Waals surface area contributed by atoms with Gasteiger partial charge in [-0.2, -0.15) is 13.2 Å². The van der Waals surface area contributed by atoms with Gasteiger partial charge in [0.15, 0.2) is 0 Å². The van der Waals surface area contributed by atoms with E-state index < -0.39 is 9.97 Å². The molecule has 0 aliphatic rings. The maximum absolute atomic E-state index is 11.2. The predicted molar refractivity (Wildman–Crippen MR) is 37.7 cm³/mol. The largest absolute Gasteiger partial charge is 0.435 e. The zero-order valence-corrected chi connectivity index (χ0v) is 7.54. The van der Waals surface area contributed by atoms with E-state index in [9.17, 15) is 13.2 Å². The van der Waals surface area contributed by atoms with Crippen LogP contribution in [0.2, 0.25) is 0 Å². The van der Waals surface area contributed by atoms with Gasteiger partial charge in [0.2, 0.25) is 0 Å². The molecule has 0 unspecified atom stereocenters. The van der Waals surface area contributed by atoms with E-state index in [4.69, 9.17) is 0 Å². The van der Waals surface area contributed by atoms with Gasteiger partial charge in [0.25, 0.3) is 3.79 Å². The van der Waals surface area contributed by atoms with Gasteiger partial charge in [-0.15, -0.1) is 0 Å². The molecule has 0 atom stereocenters. The minimum Gasteiger partial charge on any atom is -0.166 e. The molecule has 0 aromatic carbocycles. The van der Waals surface area contributed by atoms with Gasteiger partial charge in [-0.05, 0) is 0 Å². The van der Waals surface area contributed by atoms with Crippen LogP contribution in [-0.2, 0) is 0 Å². The lowest BCUT2D eigenvalue weighted by atomic mass is 10.8. The zero-order chi connectivity index (χ0) is 9.00. The molecule has 0 saturated carbocycles. The van der Waals surface area contributed by atoms with Crippen LogP contribution >= 0.6 is 34.8 Å². The molecule has 0 fully saturated rings. The second kappa shape index (κ2) is 4.52. The highest BCUT2D eigenvalue weighted by molar-refractivity contribution is 6.68. The Bertz CT molecular complexity index is 70.7. The lowest BCUT2D eigenvalue weighted by Gasteiger charge is -2.13. The van der Waals surface area contributed by atoms with E-state index in [0.717, 1.165) is 0 Å². The minimum atomic E-state index is -4.77. The van der Waals surface area contributed by atoms with E-state index in [1.807, 2.05) is 13.8 Å².